The number of rotatable bonds is 3. The average molecular weight is 184 g/mol. The van der Waals surface area contributed by atoms with Crippen molar-refractivity contribution in [2.75, 3.05) is 7.11 Å². The summed E-state index contributed by atoms with van der Waals surface area (Å²) in [6.45, 7) is 1.80. The summed E-state index contributed by atoms with van der Waals surface area (Å²) in [5.74, 6) is -0.0336. The average Bonchev–Trinajstić information content (AvgIpc) is 2.51. The number of aliphatic hydroxyl groups excluding tert-OH is 1. The van der Waals surface area contributed by atoms with E-state index in [2.05, 4.69) is 4.74 Å². The molecular weight excluding hydrogens is 172 g/mol. The smallest absolute Gasteiger partial charge is 0.308 e. The number of aryl methyl sites for hydroxylation is 1. The lowest BCUT2D eigenvalue weighted by Gasteiger charge is -2.06. The Balaban J connectivity index is 2.63. The van der Waals surface area contributed by atoms with Crippen LogP contribution in [0.1, 0.15) is 23.8 Å². The molecule has 0 aliphatic carbocycles. The van der Waals surface area contributed by atoms with E-state index in [4.69, 9.17) is 4.42 Å². The van der Waals surface area contributed by atoms with Crippen LogP contribution in [0.5, 0.6) is 0 Å². The van der Waals surface area contributed by atoms with Gasteiger partial charge in [0.2, 0.25) is 0 Å². The molecule has 1 atom stereocenters. The second-order valence-electron chi connectivity index (χ2n) is 2.76. The minimum atomic E-state index is -0.914. The number of esters is 1. The van der Waals surface area contributed by atoms with E-state index in [-0.39, 0.29) is 6.42 Å². The van der Waals surface area contributed by atoms with Crippen molar-refractivity contribution in [3.8, 4) is 0 Å². The van der Waals surface area contributed by atoms with E-state index >= 15 is 0 Å². The quantitative estimate of drug-likeness (QED) is 0.716. The highest BCUT2D eigenvalue weighted by Crippen LogP contribution is 2.21. The number of aliphatic hydroxyl groups is 1. The molecular formula is C9H12O4. The summed E-state index contributed by atoms with van der Waals surface area (Å²) in [4.78, 5) is 10.8. The normalized spacial score (nSPS) is 12.5. The third-order valence-corrected chi connectivity index (χ3v) is 1.79. The van der Waals surface area contributed by atoms with Crippen LogP contribution in [0, 0.1) is 6.92 Å². The number of hydrogen-bond donors (Lipinski definition) is 1. The van der Waals surface area contributed by atoms with Crippen LogP contribution in [-0.2, 0) is 9.53 Å². The molecule has 0 aliphatic rings. The van der Waals surface area contributed by atoms with Crippen molar-refractivity contribution < 1.29 is 19.1 Å². The van der Waals surface area contributed by atoms with E-state index in [9.17, 15) is 9.90 Å². The zero-order valence-corrected chi connectivity index (χ0v) is 7.61. The summed E-state index contributed by atoms with van der Waals surface area (Å²) in [6.07, 6.45) is 0.484. The van der Waals surface area contributed by atoms with Crippen LogP contribution < -0.4 is 0 Å². The summed E-state index contributed by atoms with van der Waals surface area (Å²) >= 11 is 0. The van der Waals surface area contributed by atoms with Crippen LogP contribution >= 0.6 is 0 Å². The standard InChI is InChI=1S/C9H12O4/c1-6-3-4-13-9(6)7(10)5-8(11)12-2/h3-4,7,10H,5H2,1-2H3/t7-/m1/s1. The Morgan fingerprint density at radius 3 is 2.92 bits per heavy atom. The molecule has 1 heterocycles. The number of ether oxygens (including phenoxy) is 1. The van der Waals surface area contributed by atoms with E-state index in [1.165, 1.54) is 13.4 Å². The molecule has 0 radical (unpaired) electrons. The lowest BCUT2D eigenvalue weighted by Crippen LogP contribution is -2.08. The van der Waals surface area contributed by atoms with Crippen molar-refractivity contribution >= 4 is 5.97 Å². The molecule has 13 heavy (non-hydrogen) atoms. The van der Waals surface area contributed by atoms with Crippen LogP contribution in [0.15, 0.2) is 16.7 Å². The first kappa shape index (κ1) is 9.80. The molecule has 0 saturated carbocycles. The fourth-order valence-corrected chi connectivity index (χ4v) is 1.06. The van der Waals surface area contributed by atoms with Gasteiger partial charge in [-0.05, 0) is 18.6 Å². The lowest BCUT2D eigenvalue weighted by atomic mass is 10.1. The summed E-state index contributed by atoms with van der Waals surface area (Å²) in [5.41, 5.74) is 0.830. The maximum Gasteiger partial charge on any atom is 0.308 e. The Bertz CT molecular complexity index is 290. The van der Waals surface area contributed by atoms with Gasteiger partial charge in [-0.2, -0.15) is 0 Å². The molecule has 0 amide bonds. The van der Waals surface area contributed by atoms with Crippen molar-refractivity contribution in [3.05, 3.63) is 23.7 Å². The zero-order chi connectivity index (χ0) is 9.84. The molecule has 1 rings (SSSR count). The second-order valence-corrected chi connectivity index (χ2v) is 2.76. The maximum atomic E-state index is 10.8. The molecule has 0 aromatic carbocycles. The molecule has 0 unspecified atom stereocenters. The highest BCUT2D eigenvalue weighted by Gasteiger charge is 2.17. The Morgan fingerprint density at radius 2 is 2.46 bits per heavy atom. The van der Waals surface area contributed by atoms with E-state index in [0.29, 0.717) is 5.76 Å². The van der Waals surface area contributed by atoms with Gasteiger partial charge in [-0.15, -0.1) is 0 Å². The van der Waals surface area contributed by atoms with E-state index in [1.807, 2.05) is 0 Å². The van der Waals surface area contributed by atoms with Crippen molar-refractivity contribution in [2.24, 2.45) is 0 Å². The first-order valence-corrected chi connectivity index (χ1v) is 3.94. The Hall–Kier alpha value is -1.29. The fourth-order valence-electron chi connectivity index (χ4n) is 1.06. The van der Waals surface area contributed by atoms with Crippen LogP contribution in [0.4, 0.5) is 0 Å². The Kier molecular flexibility index (Phi) is 3.08. The van der Waals surface area contributed by atoms with Crippen molar-refractivity contribution in [1.29, 1.82) is 0 Å². The second kappa shape index (κ2) is 4.09. The molecule has 1 aromatic heterocycles. The van der Waals surface area contributed by atoms with Gasteiger partial charge in [0.05, 0.1) is 19.8 Å². The van der Waals surface area contributed by atoms with Crippen LogP contribution in [0.3, 0.4) is 0 Å². The van der Waals surface area contributed by atoms with E-state index in [1.54, 1.807) is 13.0 Å². The number of furan rings is 1. The van der Waals surface area contributed by atoms with E-state index < -0.39 is 12.1 Å². The largest absolute Gasteiger partial charge is 0.469 e. The van der Waals surface area contributed by atoms with Gasteiger partial charge in [-0.1, -0.05) is 0 Å². The molecule has 0 fully saturated rings. The molecule has 0 spiro atoms. The van der Waals surface area contributed by atoms with Crippen LogP contribution in [0.25, 0.3) is 0 Å². The van der Waals surface area contributed by atoms with Gasteiger partial charge < -0.3 is 14.3 Å². The van der Waals surface area contributed by atoms with Gasteiger partial charge in [-0.3, -0.25) is 4.79 Å². The van der Waals surface area contributed by atoms with Crippen molar-refractivity contribution in [1.82, 2.24) is 0 Å². The summed E-state index contributed by atoms with van der Waals surface area (Å²) in [5, 5.41) is 9.50. The lowest BCUT2D eigenvalue weighted by molar-refractivity contribution is -0.143. The third-order valence-electron chi connectivity index (χ3n) is 1.79. The van der Waals surface area contributed by atoms with Crippen LogP contribution in [-0.4, -0.2) is 18.2 Å². The number of carbonyl (C=O) groups excluding carboxylic acids is 1. The summed E-state index contributed by atoms with van der Waals surface area (Å²) < 4.78 is 9.43. The fraction of sp³-hybridized carbons (Fsp3) is 0.444. The van der Waals surface area contributed by atoms with Gasteiger partial charge in [0.15, 0.2) is 0 Å². The highest BCUT2D eigenvalue weighted by molar-refractivity contribution is 5.69. The SMILES string of the molecule is COC(=O)C[C@@H](O)c1occc1C. The monoisotopic (exact) mass is 184 g/mol. The summed E-state index contributed by atoms with van der Waals surface area (Å²) in [7, 11) is 1.28. The molecule has 0 aliphatic heterocycles. The van der Waals surface area contributed by atoms with Gasteiger partial charge >= 0.3 is 5.97 Å². The number of carbonyl (C=O) groups is 1. The van der Waals surface area contributed by atoms with E-state index in [0.717, 1.165) is 5.56 Å². The maximum absolute atomic E-state index is 10.8. The predicted octanol–water partition coefficient (Wildman–Crippen LogP) is 1.18. The van der Waals surface area contributed by atoms with Crippen molar-refractivity contribution in [2.45, 2.75) is 19.4 Å². The minimum Gasteiger partial charge on any atom is -0.469 e. The molecule has 1 aromatic rings. The topological polar surface area (TPSA) is 59.7 Å². The zero-order valence-electron chi connectivity index (χ0n) is 7.61. The Labute approximate surface area is 76.1 Å². The molecule has 1 N–H and O–H groups in total. The molecule has 4 heteroatoms. The summed E-state index contributed by atoms with van der Waals surface area (Å²) in [6, 6.07) is 1.73. The number of hydrogen-bond acceptors (Lipinski definition) is 4. The molecule has 0 bridgehead atoms. The first-order valence-electron chi connectivity index (χ1n) is 3.94. The first-order chi connectivity index (χ1) is 6.15. The molecule has 0 saturated heterocycles. The molecule has 72 valence electrons. The van der Waals surface area contributed by atoms with Gasteiger partial charge in [0.25, 0.3) is 0 Å². The van der Waals surface area contributed by atoms with Gasteiger partial charge in [0.1, 0.15) is 11.9 Å². The van der Waals surface area contributed by atoms with Gasteiger partial charge in [0, 0.05) is 0 Å². The number of methoxy groups -OCH3 is 1. The Morgan fingerprint density at radius 1 is 1.77 bits per heavy atom. The highest BCUT2D eigenvalue weighted by atomic mass is 16.5. The van der Waals surface area contributed by atoms with Crippen molar-refractivity contribution in [3.63, 3.8) is 0 Å². The predicted molar refractivity (Wildman–Crippen MR) is 45.0 cm³/mol. The van der Waals surface area contributed by atoms with Crippen LogP contribution in [0.2, 0.25) is 0 Å². The molecule has 4 nitrogen and oxygen atoms in total. The van der Waals surface area contributed by atoms with Gasteiger partial charge in [-0.25, -0.2) is 0 Å². The third kappa shape index (κ3) is 2.32. The minimum absolute atomic E-state index is 0.0785.